The molecule has 3 aromatic carbocycles. The Morgan fingerprint density at radius 3 is 2.29 bits per heavy atom. The average Bonchev–Trinajstić information content (AvgIpc) is 3.63. The summed E-state index contributed by atoms with van der Waals surface area (Å²) in [6, 6.07) is 7.17. The number of urea groups is 1. The lowest BCUT2D eigenvalue weighted by atomic mass is 10.1. The number of carbonyl (C=O) groups is 2. The van der Waals surface area contributed by atoms with E-state index in [1.54, 1.807) is 13.0 Å². The van der Waals surface area contributed by atoms with Crippen LogP contribution >= 0.6 is 22.0 Å². The van der Waals surface area contributed by atoms with E-state index in [4.69, 9.17) is 4.74 Å². The number of thioether (sulfide) groups is 1. The summed E-state index contributed by atoms with van der Waals surface area (Å²) >= 11 is 0.759. The number of anilines is 2. The minimum atomic E-state index is -9.95. The molecule has 3 amide bonds. The summed E-state index contributed by atoms with van der Waals surface area (Å²) in [7, 11) is -9.95. The number of nitrogens with one attached hydrogen (secondary N) is 1. The third-order valence-electron chi connectivity index (χ3n) is 6.83. The van der Waals surface area contributed by atoms with Crippen molar-refractivity contribution in [2.24, 2.45) is 4.99 Å². The molecule has 1 aliphatic heterocycles. The molecule has 0 spiro atoms. The Labute approximate surface area is 284 Å². The van der Waals surface area contributed by atoms with Crippen LogP contribution in [0.25, 0.3) is 17.1 Å². The van der Waals surface area contributed by atoms with Crippen LogP contribution in [0, 0.1) is 6.92 Å². The Morgan fingerprint density at radius 1 is 0.980 bits per heavy atom. The topological polar surface area (TPSA) is 102 Å². The number of alkyl halides is 6. The highest BCUT2D eigenvalue weighted by Gasteiger charge is 2.65. The molecule has 2 heterocycles. The van der Waals surface area contributed by atoms with Gasteiger partial charge in [0, 0.05) is 11.1 Å². The zero-order chi connectivity index (χ0) is 37.6. The van der Waals surface area contributed by atoms with Crippen LogP contribution in [0.2, 0.25) is 0 Å². The minimum absolute atomic E-state index is 0.0570. The molecule has 0 saturated carbocycles. The molecule has 51 heavy (non-hydrogen) atoms. The molecule has 0 bridgehead atoms. The fourth-order valence-corrected chi connectivity index (χ4v) is 6.10. The van der Waals surface area contributed by atoms with Gasteiger partial charge < -0.3 is 10.1 Å². The van der Waals surface area contributed by atoms with E-state index in [2.05, 4.69) is 15.1 Å². The van der Waals surface area contributed by atoms with Crippen molar-refractivity contribution in [1.82, 2.24) is 14.8 Å². The molecule has 0 unspecified atom stereocenters. The SMILES string of the molecule is Cc1ccc(COCC(F)(F)F)c(N2C(=O)CS/C2=N\C(=O)Nc2ccc(-c3ncn(-c4ccc(S(F)(F)(F)(F)F)cc4)n3)cc2C(F)(F)F)c1. The number of ether oxygens (including phenoxy) is 1. The van der Waals surface area contributed by atoms with Crippen LogP contribution in [-0.2, 0) is 22.3 Å². The first kappa shape index (κ1) is 37.6. The number of aryl methyl sites for hydroxylation is 1. The maximum Gasteiger partial charge on any atom is 0.418 e. The van der Waals surface area contributed by atoms with Crippen LogP contribution in [-0.4, -0.2) is 50.4 Å². The van der Waals surface area contributed by atoms with Crippen molar-refractivity contribution in [3.05, 3.63) is 83.7 Å². The van der Waals surface area contributed by atoms with Crippen LogP contribution in [0.4, 0.5) is 61.9 Å². The molecule has 0 radical (unpaired) electrons. The molecule has 1 saturated heterocycles. The van der Waals surface area contributed by atoms with Gasteiger partial charge in [0.15, 0.2) is 11.0 Å². The quantitative estimate of drug-likeness (QED) is 0.179. The van der Waals surface area contributed by atoms with Gasteiger partial charge in [0.1, 0.15) is 17.8 Å². The van der Waals surface area contributed by atoms with Crippen molar-refractivity contribution >= 4 is 50.5 Å². The molecule has 1 fully saturated rings. The molecule has 0 aliphatic carbocycles. The summed E-state index contributed by atoms with van der Waals surface area (Å²) in [4.78, 5) is 32.1. The molecule has 5 rings (SSSR count). The first-order valence-electron chi connectivity index (χ1n) is 14.0. The maximum absolute atomic E-state index is 14.1. The van der Waals surface area contributed by atoms with E-state index < -0.39 is 63.9 Å². The summed E-state index contributed by atoms with van der Waals surface area (Å²) in [6.45, 7) is -0.515. The lowest BCUT2D eigenvalue weighted by Crippen LogP contribution is -2.31. The third kappa shape index (κ3) is 9.16. The Hall–Kier alpha value is -4.70. The summed E-state index contributed by atoms with van der Waals surface area (Å²) in [6.07, 6.45) is -8.77. The number of rotatable bonds is 8. The number of aliphatic imine (C=N–C) groups is 1. The summed E-state index contributed by atoms with van der Waals surface area (Å²) < 4.78 is 151. The molecule has 1 N–H and O–H groups in total. The Morgan fingerprint density at radius 2 is 1.67 bits per heavy atom. The van der Waals surface area contributed by atoms with E-state index in [-0.39, 0.29) is 51.4 Å². The minimum Gasteiger partial charge on any atom is -0.367 e. The van der Waals surface area contributed by atoms with Crippen molar-refractivity contribution in [3.8, 4) is 17.1 Å². The molecule has 22 heteroatoms. The van der Waals surface area contributed by atoms with Gasteiger partial charge >= 0.3 is 28.6 Å². The Balaban J connectivity index is 1.38. The van der Waals surface area contributed by atoms with Gasteiger partial charge in [-0.05, 0) is 61.0 Å². The van der Waals surface area contributed by atoms with Gasteiger partial charge in [-0.2, -0.15) is 31.3 Å². The zero-order valence-corrected chi connectivity index (χ0v) is 27.0. The van der Waals surface area contributed by atoms with Gasteiger partial charge in [-0.1, -0.05) is 43.3 Å². The summed E-state index contributed by atoms with van der Waals surface area (Å²) in [5.41, 5.74) is -1.80. The number of halogens is 11. The molecule has 4 aromatic rings. The molecular formula is C29H21F11N6O3S2. The van der Waals surface area contributed by atoms with Crippen molar-refractivity contribution in [1.29, 1.82) is 0 Å². The second-order valence-electron chi connectivity index (χ2n) is 10.8. The second kappa shape index (κ2) is 12.5. The molecule has 0 atom stereocenters. The van der Waals surface area contributed by atoms with E-state index in [1.807, 2.05) is 5.32 Å². The predicted octanol–water partition coefficient (Wildman–Crippen LogP) is 9.67. The smallest absolute Gasteiger partial charge is 0.367 e. The first-order chi connectivity index (χ1) is 23.4. The van der Waals surface area contributed by atoms with Crippen LogP contribution in [0.1, 0.15) is 16.7 Å². The number of amidine groups is 1. The van der Waals surface area contributed by atoms with Crippen LogP contribution in [0.3, 0.4) is 0 Å². The number of benzene rings is 3. The van der Waals surface area contributed by atoms with E-state index in [1.165, 1.54) is 12.1 Å². The van der Waals surface area contributed by atoms with Crippen LogP contribution in [0.5, 0.6) is 0 Å². The van der Waals surface area contributed by atoms with E-state index in [0.717, 1.165) is 39.8 Å². The number of nitrogens with zero attached hydrogens (tertiary/aromatic N) is 5. The van der Waals surface area contributed by atoms with Crippen molar-refractivity contribution < 1.29 is 60.1 Å². The standard InChI is InChI=1S/C29H21F11N6O3S2/c1-16-2-3-18(12-49-14-28(30,31)32)23(10-16)46-24(47)13-50-27(46)43-26(48)42-22-9-4-17(11-21(22)29(33,34)35)25-41-15-45(44-25)19-5-7-20(8-6-19)51(36,37,38,39)40/h2-11,15H,12-14H2,1H3,(H,42,48)/b43-27-. The molecular weight excluding hydrogens is 753 g/mol. The zero-order valence-electron chi connectivity index (χ0n) is 25.4. The largest absolute Gasteiger partial charge is 0.418 e. The van der Waals surface area contributed by atoms with Gasteiger partial charge in [0.25, 0.3) is 0 Å². The van der Waals surface area contributed by atoms with Gasteiger partial charge in [-0.25, -0.2) is 14.5 Å². The molecule has 9 nitrogen and oxygen atoms in total. The van der Waals surface area contributed by atoms with Crippen molar-refractivity contribution in [2.45, 2.75) is 30.8 Å². The summed E-state index contributed by atoms with van der Waals surface area (Å²) in [5, 5.41) is 5.64. The Kier molecular flexibility index (Phi) is 9.21. The number of aromatic nitrogens is 3. The highest BCUT2D eigenvalue weighted by molar-refractivity contribution is 8.45. The number of carbonyl (C=O) groups excluding carboxylic acids is 2. The lowest BCUT2D eigenvalue weighted by Gasteiger charge is -2.40. The fourth-order valence-electron chi connectivity index (χ4n) is 4.60. The normalized spacial score (nSPS) is 16.4. The highest BCUT2D eigenvalue weighted by Crippen LogP contribution is 3.02. The molecule has 274 valence electrons. The maximum atomic E-state index is 14.1. The van der Waals surface area contributed by atoms with Crippen LogP contribution in [0.15, 0.2) is 76.9 Å². The predicted molar refractivity (Wildman–Crippen MR) is 166 cm³/mol. The first-order valence-corrected chi connectivity index (χ1v) is 16.9. The number of hydrogen-bond donors (Lipinski definition) is 1. The average molecular weight is 775 g/mol. The summed E-state index contributed by atoms with van der Waals surface area (Å²) in [5.74, 6) is -1.21. The lowest BCUT2D eigenvalue weighted by molar-refractivity contribution is -0.176. The molecule has 1 aliphatic rings. The third-order valence-corrected chi connectivity index (χ3v) is 8.92. The van der Waals surface area contributed by atoms with E-state index in [9.17, 15) is 55.4 Å². The van der Waals surface area contributed by atoms with Crippen molar-refractivity contribution in [3.63, 3.8) is 0 Å². The monoisotopic (exact) mass is 774 g/mol. The van der Waals surface area contributed by atoms with Gasteiger partial charge in [0.05, 0.1) is 35.0 Å². The number of amides is 3. The fraction of sp³-hybridized carbons (Fsp3) is 0.207. The van der Waals surface area contributed by atoms with Crippen molar-refractivity contribution in [2.75, 3.05) is 22.6 Å². The van der Waals surface area contributed by atoms with Gasteiger partial charge in [-0.3, -0.25) is 9.69 Å². The highest BCUT2D eigenvalue weighted by atomic mass is 32.5. The van der Waals surface area contributed by atoms with E-state index >= 15 is 0 Å². The van der Waals surface area contributed by atoms with E-state index in [0.29, 0.717) is 23.8 Å². The van der Waals surface area contributed by atoms with Crippen LogP contribution < -0.4 is 10.2 Å². The van der Waals surface area contributed by atoms with Gasteiger partial charge in [0.2, 0.25) is 5.91 Å². The Bertz CT molecular complexity index is 2030. The second-order valence-corrected chi connectivity index (χ2v) is 14.2. The number of hydrogen-bond acceptors (Lipinski definition) is 6. The van der Waals surface area contributed by atoms with Gasteiger partial charge in [-0.15, -0.1) is 5.10 Å². The molecule has 1 aromatic heterocycles.